The highest BCUT2D eigenvalue weighted by atomic mass is 32.2. The molecule has 0 fully saturated rings. The minimum atomic E-state index is -3.55. The van der Waals surface area contributed by atoms with E-state index in [1.165, 1.54) is 6.20 Å². The molecule has 0 N–H and O–H groups in total. The average Bonchev–Trinajstić information content (AvgIpc) is 3.66. The fourth-order valence-electron chi connectivity index (χ4n) is 4.22. The molecule has 10 heteroatoms. The molecule has 5 heterocycles. The average molecular weight is 534 g/mol. The van der Waals surface area contributed by atoms with Crippen LogP contribution in [0, 0.1) is 0 Å². The van der Waals surface area contributed by atoms with Crippen LogP contribution in [0.2, 0.25) is 0 Å². The van der Waals surface area contributed by atoms with Crippen molar-refractivity contribution in [3.05, 3.63) is 89.9 Å². The Morgan fingerprint density at radius 3 is 2.56 bits per heavy atom. The van der Waals surface area contributed by atoms with Gasteiger partial charge in [0, 0.05) is 52.9 Å². The van der Waals surface area contributed by atoms with Crippen LogP contribution >= 0.6 is 22.7 Å². The molecular weight excluding hydrogens is 515 g/mol. The van der Waals surface area contributed by atoms with E-state index in [1.807, 2.05) is 30.3 Å². The topological polar surface area (TPSA) is 93.4 Å². The van der Waals surface area contributed by atoms with Gasteiger partial charge in [-0.05, 0) is 59.2 Å². The van der Waals surface area contributed by atoms with Gasteiger partial charge in [0.25, 0.3) is 5.91 Å². The van der Waals surface area contributed by atoms with Crippen molar-refractivity contribution < 1.29 is 17.7 Å². The monoisotopic (exact) mass is 533 g/mol. The lowest BCUT2D eigenvalue weighted by atomic mass is 10.1. The van der Waals surface area contributed by atoms with Gasteiger partial charge in [-0.15, -0.1) is 22.7 Å². The normalized spacial score (nSPS) is 13.4. The summed E-state index contributed by atoms with van der Waals surface area (Å²) in [5.41, 5.74) is 4.33. The summed E-state index contributed by atoms with van der Waals surface area (Å²) >= 11 is 2.77. The number of fused-ring (bicyclic) bond motifs is 1. The lowest BCUT2D eigenvalue weighted by Gasteiger charge is -2.05. The maximum atomic E-state index is 13.1. The number of benzene rings is 1. The van der Waals surface area contributed by atoms with Gasteiger partial charge < -0.3 is 9.42 Å². The van der Waals surface area contributed by atoms with Crippen LogP contribution in [0.4, 0.5) is 0 Å². The Balaban J connectivity index is 1.23. The Morgan fingerprint density at radius 1 is 0.944 bits per heavy atom. The molecule has 0 radical (unpaired) electrons. The first-order valence-electron chi connectivity index (χ1n) is 11.0. The molecule has 6 rings (SSSR count). The fourth-order valence-corrected chi connectivity index (χ4v) is 7.87. The van der Waals surface area contributed by atoms with E-state index in [-0.39, 0.29) is 15.9 Å². The number of hydrogen-bond acceptors (Lipinski definition) is 8. The lowest BCUT2D eigenvalue weighted by Crippen LogP contribution is -2.17. The number of carbonyl (C=O) groups is 1. The predicted molar refractivity (Wildman–Crippen MR) is 139 cm³/mol. The van der Waals surface area contributed by atoms with Crippen LogP contribution in [0.5, 0.6) is 0 Å². The summed E-state index contributed by atoms with van der Waals surface area (Å²) in [7, 11) is -1.74. The Morgan fingerprint density at radius 2 is 1.75 bits per heavy atom. The van der Waals surface area contributed by atoms with Gasteiger partial charge in [-0.3, -0.25) is 9.78 Å². The Bertz CT molecular complexity index is 1700. The first-order valence-corrected chi connectivity index (χ1v) is 14.3. The Kier molecular flexibility index (Phi) is 5.59. The van der Waals surface area contributed by atoms with Crippen LogP contribution in [0.1, 0.15) is 21.5 Å². The number of aromatic nitrogens is 2. The second kappa shape index (κ2) is 8.81. The molecular formula is C26H19N3O4S3. The molecule has 0 aliphatic carbocycles. The van der Waals surface area contributed by atoms with Crippen molar-refractivity contribution in [1.82, 2.24) is 15.0 Å². The van der Waals surface area contributed by atoms with Gasteiger partial charge in [0.05, 0.1) is 16.8 Å². The van der Waals surface area contributed by atoms with E-state index < -0.39 is 9.84 Å². The number of rotatable bonds is 6. The summed E-state index contributed by atoms with van der Waals surface area (Å²) in [5, 5.41) is 3.68. The third-order valence-corrected chi connectivity index (χ3v) is 10.5. The minimum absolute atomic E-state index is 0.0537. The molecule has 0 atom stereocenters. The van der Waals surface area contributed by atoms with E-state index in [9.17, 15) is 13.2 Å². The van der Waals surface area contributed by atoms with E-state index in [4.69, 9.17) is 4.52 Å². The molecule has 0 spiro atoms. The number of amides is 1. The quantitative estimate of drug-likeness (QED) is 0.276. The second-order valence-electron chi connectivity index (χ2n) is 8.53. The van der Waals surface area contributed by atoms with Crippen molar-refractivity contribution in [3.63, 3.8) is 0 Å². The number of pyridine rings is 1. The molecule has 0 saturated carbocycles. The van der Waals surface area contributed by atoms with Gasteiger partial charge in [0.15, 0.2) is 15.6 Å². The highest BCUT2D eigenvalue weighted by Crippen LogP contribution is 2.37. The summed E-state index contributed by atoms with van der Waals surface area (Å²) < 4.78 is 31.6. The summed E-state index contributed by atoms with van der Waals surface area (Å²) in [6.45, 7) is 0.616. The summed E-state index contributed by atoms with van der Waals surface area (Å²) in [6, 6.07) is 16.9. The molecule has 1 aliphatic heterocycles. The standard InChI is InChI=1S/C26H19N3O4S3/c1-29-14-19-11-17(2-3-20(19)26(29)30)22-4-5-23(34-22)18-10-16(12-27-13-18)15-36(31,32)25-7-6-24(35-25)21-8-9-28-33-21/h2-13H,14-15H2,1H3. The van der Waals surface area contributed by atoms with Gasteiger partial charge >= 0.3 is 0 Å². The van der Waals surface area contributed by atoms with Crippen molar-refractivity contribution >= 4 is 38.4 Å². The van der Waals surface area contributed by atoms with E-state index in [1.54, 1.807) is 53.9 Å². The second-order valence-corrected chi connectivity index (χ2v) is 12.9. The number of thiophene rings is 2. The Hall–Kier alpha value is -3.60. The highest BCUT2D eigenvalue weighted by molar-refractivity contribution is 7.92. The van der Waals surface area contributed by atoms with Gasteiger partial charge in [0.2, 0.25) is 0 Å². The van der Waals surface area contributed by atoms with Gasteiger partial charge in [0.1, 0.15) is 4.21 Å². The number of sulfone groups is 1. The molecule has 0 unspecified atom stereocenters. The fraction of sp³-hybridized carbons (Fsp3) is 0.115. The summed E-state index contributed by atoms with van der Waals surface area (Å²) in [4.78, 5) is 21.0. The zero-order valence-electron chi connectivity index (χ0n) is 19.0. The minimum Gasteiger partial charge on any atom is -0.355 e. The van der Waals surface area contributed by atoms with Gasteiger partial charge in [-0.2, -0.15) is 0 Å². The third-order valence-electron chi connectivity index (χ3n) is 5.98. The van der Waals surface area contributed by atoms with E-state index in [0.717, 1.165) is 43.3 Å². The molecule has 5 aromatic rings. The van der Waals surface area contributed by atoms with Crippen molar-refractivity contribution in [1.29, 1.82) is 0 Å². The lowest BCUT2D eigenvalue weighted by molar-refractivity contribution is 0.0816. The number of carbonyl (C=O) groups excluding carboxylic acids is 1. The smallest absolute Gasteiger partial charge is 0.254 e. The molecule has 1 aromatic carbocycles. The third kappa shape index (κ3) is 4.17. The SMILES string of the molecule is CN1Cc2cc(-c3ccc(-c4cncc(CS(=O)(=O)c5ccc(-c6ccno6)s5)c4)s3)ccc2C1=O. The Labute approximate surface area is 215 Å². The largest absolute Gasteiger partial charge is 0.355 e. The van der Waals surface area contributed by atoms with Crippen LogP contribution in [0.15, 0.2) is 81.9 Å². The van der Waals surface area contributed by atoms with Crippen molar-refractivity contribution in [3.8, 4) is 31.5 Å². The van der Waals surface area contributed by atoms with Crippen LogP contribution in [-0.2, 0) is 22.1 Å². The summed E-state index contributed by atoms with van der Waals surface area (Å²) in [6.07, 6.45) is 4.87. The first kappa shape index (κ1) is 22.8. The van der Waals surface area contributed by atoms with Crippen LogP contribution in [0.25, 0.3) is 31.5 Å². The molecule has 0 bridgehead atoms. The molecule has 4 aromatic heterocycles. The van der Waals surface area contributed by atoms with Gasteiger partial charge in [-0.1, -0.05) is 11.2 Å². The van der Waals surface area contributed by atoms with Crippen LogP contribution in [0.3, 0.4) is 0 Å². The molecule has 1 amide bonds. The van der Waals surface area contributed by atoms with E-state index >= 15 is 0 Å². The maximum Gasteiger partial charge on any atom is 0.254 e. The van der Waals surface area contributed by atoms with Crippen LogP contribution in [-0.4, -0.2) is 36.4 Å². The van der Waals surface area contributed by atoms with Crippen molar-refractivity contribution in [2.45, 2.75) is 16.5 Å². The molecule has 1 aliphatic rings. The number of nitrogens with zero attached hydrogens (tertiary/aromatic N) is 3. The van der Waals surface area contributed by atoms with Crippen molar-refractivity contribution in [2.24, 2.45) is 0 Å². The molecule has 180 valence electrons. The molecule has 7 nitrogen and oxygen atoms in total. The maximum absolute atomic E-state index is 13.1. The molecule has 36 heavy (non-hydrogen) atoms. The van der Waals surface area contributed by atoms with Gasteiger partial charge in [-0.25, -0.2) is 8.42 Å². The van der Waals surface area contributed by atoms with Crippen LogP contribution < -0.4 is 0 Å². The first-order chi connectivity index (χ1) is 17.4. The number of hydrogen-bond donors (Lipinski definition) is 0. The van der Waals surface area contributed by atoms with E-state index in [2.05, 4.69) is 16.2 Å². The zero-order chi connectivity index (χ0) is 24.9. The summed E-state index contributed by atoms with van der Waals surface area (Å²) in [5.74, 6) is 0.452. The highest BCUT2D eigenvalue weighted by Gasteiger charge is 2.25. The van der Waals surface area contributed by atoms with E-state index in [0.29, 0.717) is 22.7 Å². The zero-order valence-corrected chi connectivity index (χ0v) is 21.5. The predicted octanol–water partition coefficient (Wildman–Crippen LogP) is 5.75. The molecule has 0 saturated heterocycles. The van der Waals surface area contributed by atoms with Crippen molar-refractivity contribution in [2.75, 3.05) is 7.05 Å².